The van der Waals surface area contributed by atoms with Crippen LogP contribution in [0, 0.1) is 0 Å². The largest absolute Gasteiger partial charge is 0.493 e. The molecule has 0 saturated carbocycles. The Morgan fingerprint density at radius 3 is 3.06 bits per heavy atom. The number of hydrogen-bond donors (Lipinski definition) is 0. The average molecular weight is 247 g/mol. The van der Waals surface area contributed by atoms with Gasteiger partial charge >= 0.3 is 0 Å². The number of aliphatic imine (C=N–C) groups is 1. The molecule has 3 unspecified atom stereocenters. The second-order valence-electron chi connectivity index (χ2n) is 4.71. The monoisotopic (exact) mass is 247 g/mol. The Kier molecular flexibility index (Phi) is 2.87. The molecule has 2 nitrogen and oxygen atoms in total. The summed E-state index contributed by atoms with van der Waals surface area (Å²) in [4.78, 5) is 4.90. The molecule has 0 spiro atoms. The summed E-state index contributed by atoms with van der Waals surface area (Å²) in [5, 5.41) is 1.11. The highest BCUT2D eigenvalue weighted by Gasteiger charge is 2.33. The molecule has 2 aliphatic heterocycles. The second kappa shape index (κ2) is 4.37. The smallest absolute Gasteiger partial charge is 0.124 e. The molecular weight excluding hydrogens is 230 g/mol. The van der Waals surface area contributed by atoms with Gasteiger partial charge in [-0.15, -0.1) is 11.8 Å². The minimum absolute atomic E-state index is 0.287. The molecule has 0 aromatic heterocycles. The molecule has 17 heavy (non-hydrogen) atoms. The Hall–Kier alpha value is -0.960. The Bertz CT molecular complexity index is 457. The van der Waals surface area contributed by atoms with Gasteiger partial charge in [-0.25, -0.2) is 0 Å². The number of thioether (sulfide) groups is 1. The Labute approximate surface area is 106 Å². The highest BCUT2D eigenvalue weighted by molar-refractivity contribution is 8.01. The topological polar surface area (TPSA) is 21.6 Å². The van der Waals surface area contributed by atoms with Gasteiger partial charge in [0.15, 0.2) is 0 Å². The van der Waals surface area contributed by atoms with Crippen molar-refractivity contribution in [2.24, 2.45) is 4.99 Å². The summed E-state index contributed by atoms with van der Waals surface area (Å²) in [7, 11) is 0. The average Bonchev–Trinajstić information content (AvgIpc) is 2.50. The summed E-state index contributed by atoms with van der Waals surface area (Å²) in [6.07, 6.45) is 1.09. The predicted molar refractivity (Wildman–Crippen MR) is 73.2 cm³/mol. The van der Waals surface area contributed by atoms with Crippen LogP contribution in [0.1, 0.15) is 31.9 Å². The van der Waals surface area contributed by atoms with Crippen molar-refractivity contribution in [3.63, 3.8) is 0 Å². The SMILES string of the molecule is CC1=NC2c3ccccc3OCCC2SC1C. The third-order valence-corrected chi connectivity index (χ3v) is 5.15. The van der Waals surface area contributed by atoms with E-state index in [9.17, 15) is 0 Å². The van der Waals surface area contributed by atoms with Crippen LogP contribution in [0.4, 0.5) is 0 Å². The first-order valence-corrected chi connectivity index (χ1v) is 7.11. The first-order valence-electron chi connectivity index (χ1n) is 6.17. The summed E-state index contributed by atoms with van der Waals surface area (Å²) in [6.45, 7) is 5.20. The van der Waals surface area contributed by atoms with Crippen molar-refractivity contribution in [2.75, 3.05) is 6.61 Å². The number of hydrogen-bond acceptors (Lipinski definition) is 3. The first-order chi connectivity index (χ1) is 8.25. The van der Waals surface area contributed by atoms with Crippen molar-refractivity contribution in [3.05, 3.63) is 29.8 Å². The highest BCUT2D eigenvalue weighted by atomic mass is 32.2. The van der Waals surface area contributed by atoms with Crippen LogP contribution < -0.4 is 4.74 Å². The van der Waals surface area contributed by atoms with Crippen LogP contribution in [0.3, 0.4) is 0 Å². The Morgan fingerprint density at radius 2 is 2.18 bits per heavy atom. The van der Waals surface area contributed by atoms with Gasteiger partial charge in [0.25, 0.3) is 0 Å². The van der Waals surface area contributed by atoms with Gasteiger partial charge < -0.3 is 4.74 Å². The Morgan fingerprint density at radius 1 is 1.35 bits per heavy atom. The van der Waals surface area contributed by atoms with Gasteiger partial charge in [-0.1, -0.05) is 18.2 Å². The summed E-state index contributed by atoms with van der Waals surface area (Å²) >= 11 is 2.04. The molecule has 0 fully saturated rings. The number of fused-ring (bicyclic) bond motifs is 3. The fraction of sp³-hybridized carbons (Fsp3) is 0.500. The van der Waals surface area contributed by atoms with Crippen LogP contribution in [0.2, 0.25) is 0 Å². The summed E-state index contributed by atoms with van der Waals surface area (Å²) < 4.78 is 5.83. The van der Waals surface area contributed by atoms with Gasteiger partial charge in [0, 0.05) is 21.8 Å². The van der Waals surface area contributed by atoms with Crippen molar-refractivity contribution >= 4 is 17.5 Å². The van der Waals surface area contributed by atoms with Gasteiger partial charge in [-0.3, -0.25) is 4.99 Å². The van der Waals surface area contributed by atoms with Gasteiger partial charge in [-0.2, -0.15) is 0 Å². The molecule has 0 aliphatic carbocycles. The Balaban J connectivity index is 2.06. The zero-order valence-corrected chi connectivity index (χ0v) is 11.0. The van der Waals surface area contributed by atoms with Crippen LogP contribution in [-0.2, 0) is 0 Å². The van der Waals surface area contributed by atoms with E-state index in [1.165, 1.54) is 11.3 Å². The molecule has 1 aromatic rings. The van der Waals surface area contributed by atoms with Gasteiger partial charge in [0.2, 0.25) is 0 Å². The van der Waals surface area contributed by atoms with Gasteiger partial charge in [0.05, 0.1) is 12.6 Å². The van der Waals surface area contributed by atoms with Crippen LogP contribution in [0.15, 0.2) is 29.3 Å². The molecule has 2 aliphatic rings. The molecule has 0 N–H and O–H groups in total. The molecule has 0 bridgehead atoms. The van der Waals surface area contributed by atoms with E-state index in [4.69, 9.17) is 9.73 Å². The molecular formula is C14H17NOS. The fourth-order valence-corrected chi connectivity index (χ4v) is 3.85. The third kappa shape index (κ3) is 1.97. The molecule has 2 heterocycles. The van der Waals surface area contributed by atoms with Crippen molar-refractivity contribution in [1.82, 2.24) is 0 Å². The number of nitrogens with zero attached hydrogens (tertiary/aromatic N) is 1. The number of para-hydroxylation sites is 1. The van der Waals surface area contributed by atoms with E-state index in [0.717, 1.165) is 18.8 Å². The number of rotatable bonds is 0. The van der Waals surface area contributed by atoms with Crippen LogP contribution in [-0.4, -0.2) is 22.8 Å². The van der Waals surface area contributed by atoms with Crippen molar-refractivity contribution in [1.29, 1.82) is 0 Å². The first kappa shape index (κ1) is 11.1. The molecule has 1 aromatic carbocycles. The maximum Gasteiger partial charge on any atom is 0.124 e. The van der Waals surface area contributed by atoms with Crippen molar-refractivity contribution < 1.29 is 4.74 Å². The quantitative estimate of drug-likeness (QED) is 0.700. The minimum atomic E-state index is 0.287. The lowest BCUT2D eigenvalue weighted by Crippen LogP contribution is -2.27. The predicted octanol–water partition coefficient (Wildman–Crippen LogP) is 3.48. The molecule has 3 atom stereocenters. The van der Waals surface area contributed by atoms with Gasteiger partial charge in [-0.05, 0) is 26.3 Å². The van der Waals surface area contributed by atoms with Gasteiger partial charge in [0.1, 0.15) is 5.75 Å². The standard InChI is InChI=1S/C14H17NOS/c1-9-10(2)17-13-7-8-16-12-6-4-3-5-11(12)14(13)15-9/h3-6,10,13-14H,7-8H2,1-2H3. The second-order valence-corrected chi connectivity index (χ2v) is 6.29. The van der Waals surface area contributed by atoms with Crippen LogP contribution >= 0.6 is 11.8 Å². The van der Waals surface area contributed by atoms with Crippen molar-refractivity contribution in [2.45, 2.75) is 36.8 Å². The van der Waals surface area contributed by atoms with Crippen LogP contribution in [0.25, 0.3) is 0 Å². The molecule has 90 valence electrons. The molecule has 0 amide bonds. The molecule has 0 radical (unpaired) electrons. The normalized spacial score (nSPS) is 31.6. The maximum atomic E-state index is 5.83. The van der Waals surface area contributed by atoms with Crippen molar-refractivity contribution in [3.8, 4) is 5.75 Å². The summed E-state index contributed by atoms with van der Waals surface area (Å²) in [5.41, 5.74) is 2.52. The zero-order valence-electron chi connectivity index (χ0n) is 10.2. The van der Waals surface area contributed by atoms with Crippen LogP contribution in [0.5, 0.6) is 5.75 Å². The zero-order chi connectivity index (χ0) is 11.8. The van der Waals surface area contributed by atoms with E-state index in [2.05, 4.69) is 32.0 Å². The number of ether oxygens (including phenoxy) is 1. The number of benzene rings is 1. The van der Waals surface area contributed by atoms with E-state index in [-0.39, 0.29) is 6.04 Å². The lowest BCUT2D eigenvalue weighted by molar-refractivity contribution is 0.317. The minimum Gasteiger partial charge on any atom is -0.493 e. The van der Waals surface area contributed by atoms with E-state index < -0.39 is 0 Å². The fourth-order valence-electron chi connectivity index (χ4n) is 2.48. The van der Waals surface area contributed by atoms with E-state index >= 15 is 0 Å². The van der Waals surface area contributed by atoms with E-state index in [0.29, 0.717) is 10.5 Å². The molecule has 0 saturated heterocycles. The van der Waals surface area contributed by atoms with E-state index in [1.807, 2.05) is 17.8 Å². The third-order valence-electron chi connectivity index (χ3n) is 3.56. The lowest BCUT2D eigenvalue weighted by Gasteiger charge is -2.30. The molecule has 3 heteroatoms. The summed E-state index contributed by atoms with van der Waals surface area (Å²) in [5.74, 6) is 1.02. The lowest BCUT2D eigenvalue weighted by atomic mass is 10.0. The summed E-state index contributed by atoms with van der Waals surface area (Å²) in [6, 6.07) is 8.62. The highest BCUT2D eigenvalue weighted by Crippen LogP contribution is 2.43. The van der Waals surface area contributed by atoms with E-state index in [1.54, 1.807) is 0 Å². The molecule has 3 rings (SSSR count). The maximum absolute atomic E-state index is 5.83.